The van der Waals surface area contributed by atoms with Gasteiger partial charge in [-0.2, -0.15) is 0 Å². The molecule has 1 aromatic rings. The topological polar surface area (TPSA) is 29.7 Å². The quantitative estimate of drug-likeness (QED) is 0.613. The van der Waals surface area contributed by atoms with E-state index in [1.165, 1.54) is 5.56 Å². The van der Waals surface area contributed by atoms with E-state index in [-0.39, 0.29) is 11.6 Å². The highest BCUT2D eigenvalue weighted by atomic mass is 16.5. The van der Waals surface area contributed by atoms with E-state index in [0.29, 0.717) is 12.5 Å². The minimum absolute atomic E-state index is 0.0918. The van der Waals surface area contributed by atoms with Gasteiger partial charge in [0.15, 0.2) is 0 Å². The molecule has 1 fully saturated rings. The smallest absolute Gasteiger partial charge is 0.279 e. The molecule has 1 aromatic heterocycles. The molecule has 1 aliphatic heterocycles. The maximum atomic E-state index is 7.16. The summed E-state index contributed by atoms with van der Waals surface area (Å²) in [4.78, 5) is 10.3. The molecule has 0 aromatic carbocycles. The van der Waals surface area contributed by atoms with Crippen molar-refractivity contribution in [2.45, 2.75) is 51.6 Å². The average molecular weight is 287 g/mol. The molecule has 21 heavy (non-hydrogen) atoms. The molecule has 0 unspecified atom stereocenters. The highest BCUT2D eigenvalue weighted by Crippen LogP contribution is 2.22. The van der Waals surface area contributed by atoms with Gasteiger partial charge in [-0.3, -0.25) is 4.85 Å². The summed E-state index contributed by atoms with van der Waals surface area (Å²) in [5, 5.41) is 0. The Morgan fingerprint density at radius 2 is 2.24 bits per heavy atom. The van der Waals surface area contributed by atoms with Gasteiger partial charge in [0.05, 0.1) is 6.61 Å². The molecule has 0 radical (unpaired) electrons. The van der Waals surface area contributed by atoms with Crippen LogP contribution in [0.1, 0.15) is 45.6 Å². The summed E-state index contributed by atoms with van der Waals surface area (Å²) >= 11 is 0. The maximum absolute atomic E-state index is 7.16. The molecule has 1 atom stereocenters. The van der Waals surface area contributed by atoms with E-state index in [1.807, 2.05) is 12.3 Å². The predicted molar refractivity (Wildman–Crippen MR) is 84.2 cm³/mol. The van der Waals surface area contributed by atoms with Gasteiger partial charge in [-0.05, 0) is 23.8 Å². The van der Waals surface area contributed by atoms with Gasteiger partial charge in [0.25, 0.3) is 6.17 Å². The van der Waals surface area contributed by atoms with Gasteiger partial charge in [0.1, 0.15) is 0 Å². The fraction of sp³-hybridized carbons (Fsp3) is 0.647. The van der Waals surface area contributed by atoms with E-state index in [0.717, 1.165) is 32.4 Å². The van der Waals surface area contributed by atoms with E-state index >= 15 is 0 Å². The molecule has 2 heterocycles. The number of nitrogens with zero attached hydrogens (tertiary/aromatic N) is 3. The first-order valence-corrected chi connectivity index (χ1v) is 7.70. The van der Waals surface area contributed by atoms with Gasteiger partial charge >= 0.3 is 0 Å². The first kappa shape index (κ1) is 15.8. The third-order valence-electron chi connectivity index (χ3n) is 3.92. The summed E-state index contributed by atoms with van der Waals surface area (Å²) in [6.45, 7) is 16.3. The molecule has 0 spiro atoms. The summed E-state index contributed by atoms with van der Waals surface area (Å²) < 4.78 is 5.69. The highest BCUT2D eigenvalue weighted by molar-refractivity contribution is 5.23. The Labute approximate surface area is 128 Å². The van der Waals surface area contributed by atoms with Crippen molar-refractivity contribution in [1.82, 2.24) is 9.88 Å². The van der Waals surface area contributed by atoms with Gasteiger partial charge in [-0.15, -0.1) is 0 Å². The van der Waals surface area contributed by atoms with Crippen LogP contribution in [-0.2, 0) is 5.41 Å². The molecule has 0 bridgehead atoms. The Bertz CT molecular complexity index is 484. The van der Waals surface area contributed by atoms with Crippen LogP contribution in [0.15, 0.2) is 18.3 Å². The molecular weight excluding hydrogens is 262 g/mol. The lowest BCUT2D eigenvalue weighted by Gasteiger charge is -2.18. The Kier molecular flexibility index (Phi) is 5.19. The summed E-state index contributed by atoms with van der Waals surface area (Å²) in [7, 11) is 0. The first-order valence-electron chi connectivity index (χ1n) is 7.70. The van der Waals surface area contributed by atoms with Crippen LogP contribution in [0.5, 0.6) is 5.88 Å². The second-order valence-corrected chi connectivity index (χ2v) is 6.63. The van der Waals surface area contributed by atoms with Crippen molar-refractivity contribution in [1.29, 1.82) is 0 Å². The van der Waals surface area contributed by atoms with Gasteiger partial charge in [0, 0.05) is 31.8 Å². The van der Waals surface area contributed by atoms with Crippen molar-refractivity contribution in [2.75, 3.05) is 19.7 Å². The van der Waals surface area contributed by atoms with Crippen LogP contribution in [0.3, 0.4) is 0 Å². The number of aromatic nitrogens is 1. The number of hydrogen-bond donors (Lipinski definition) is 0. The summed E-state index contributed by atoms with van der Waals surface area (Å²) in [6.07, 6.45) is 5.08. The second-order valence-electron chi connectivity index (χ2n) is 6.63. The van der Waals surface area contributed by atoms with E-state index < -0.39 is 0 Å². The lowest BCUT2D eigenvalue weighted by molar-refractivity contribution is 0.237. The zero-order valence-corrected chi connectivity index (χ0v) is 13.3. The normalized spacial score (nSPS) is 19.4. The van der Waals surface area contributed by atoms with Crippen LogP contribution in [0, 0.1) is 6.57 Å². The fourth-order valence-electron chi connectivity index (χ4n) is 2.57. The molecule has 1 aliphatic rings. The molecule has 1 saturated heterocycles. The summed E-state index contributed by atoms with van der Waals surface area (Å²) in [5.41, 5.74) is 1.34. The Balaban J connectivity index is 1.73. The third-order valence-corrected chi connectivity index (χ3v) is 3.92. The van der Waals surface area contributed by atoms with Crippen molar-refractivity contribution >= 4 is 0 Å². The van der Waals surface area contributed by atoms with E-state index in [2.05, 4.69) is 41.6 Å². The largest absolute Gasteiger partial charge is 0.478 e. The highest BCUT2D eigenvalue weighted by Gasteiger charge is 2.27. The van der Waals surface area contributed by atoms with E-state index in [1.54, 1.807) is 0 Å². The molecule has 0 aliphatic carbocycles. The number of pyridine rings is 1. The van der Waals surface area contributed by atoms with Gasteiger partial charge in [0.2, 0.25) is 5.88 Å². The van der Waals surface area contributed by atoms with Gasteiger partial charge in [-0.25, -0.2) is 16.5 Å². The molecule has 0 N–H and O–H groups in total. The van der Waals surface area contributed by atoms with Crippen LogP contribution in [0.4, 0.5) is 0 Å². The minimum Gasteiger partial charge on any atom is -0.478 e. The van der Waals surface area contributed by atoms with Crippen LogP contribution in [0.25, 0.3) is 4.85 Å². The zero-order valence-electron chi connectivity index (χ0n) is 13.3. The number of likely N-dealkylation sites (tertiary alicyclic amines) is 1. The molecule has 0 amide bonds. The van der Waals surface area contributed by atoms with Crippen molar-refractivity contribution < 1.29 is 4.74 Å². The molecule has 0 saturated carbocycles. The SMILES string of the molecule is [C-]#[N+][C@@H]1CCCN1CCCOc1ccc(C(C)(C)C)cn1. The van der Waals surface area contributed by atoms with Crippen LogP contribution < -0.4 is 4.74 Å². The number of ether oxygens (including phenoxy) is 1. The van der Waals surface area contributed by atoms with E-state index in [9.17, 15) is 0 Å². The standard InChI is InChI=1S/C17H25N3O/c1-17(2,3)14-8-9-16(19-13-14)21-12-6-11-20-10-5-7-15(20)18-4/h8-9,13,15H,5-7,10-12H2,1-3H3/t15-/m0/s1. The molecular formula is C17H25N3O. The third kappa shape index (κ3) is 4.44. The molecule has 4 nitrogen and oxygen atoms in total. The maximum Gasteiger partial charge on any atom is 0.279 e. The second kappa shape index (κ2) is 6.91. The Morgan fingerprint density at radius 3 is 2.86 bits per heavy atom. The number of rotatable bonds is 5. The van der Waals surface area contributed by atoms with Crippen molar-refractivity contribution in [3.63, 3.8) is 0 Å². The average Bonchev–Trinajstić information content (AvgIpc) is 2.90. The first-order chi connectivity index (χ1) is 10.0. The monoisotopic (exact) mass is 287 g/mol. The van der Waals surface area contributed by atoms with Gasteiger partial charge < -0.3 is 4.74 Å². The number of hydrogen-bond acceptors (Lipinski definition) is 3. The van der Waals surface area contributed by atoms with Gasteiger partial charge in [-0.1, -0.05) is 26.8 Å². The lowest BCUT2D eigenvalue weighted by Crippen LogP contribution is -2.28. The van der Waals surface area contributed by atoms with Crippen molar-refractivity contribution in [3.8, 4) is 5.88 Å². The van der Waals surface area contributed by atoms with Crippen LogP contribution in [-0.4, -0.2) is 35.7 Å². The van der Waals surface area contributed by atoms with E-state index in [4.69, 9.17) is 11.3 Å². The summed E-state index contributed by atoms with van der Waals surface area (Å²) in [5.74, 6) is 0.686. The summed E-state index contributed by atoms with van der Waals surface area (Å²) in [6, 6.07) is 4.02. The van der Waals surface area contributed by atoms with Crippen molar-refractivity contribution in [2.24, 2.45) is 0 Å². The Morgan fingerprint density at radius 1 is 1.43 bits per heavy atom. The lowest BCUT2D eigenvalue weighted by atomic mass is 9.88. The van der Waals surface area contributed by atoms with Crippen LogP contribution >= 0.6 is 0 Å². The predicted octanol–water partition coefficient (Wildman–Crippen LogP) is 3.49. The van der Waals surface area contributed by atoms with Crippen molar-refractivity contribution in [3.05, 3.63) is 35.3 Å². The molecule has 2 rings (SSSR count). The Hall–Kier alpha value is -1.60. The fourth-order valence-corrected chi connectivity index (χ4v) is 2.57. The molecule has 114 valence electrons. The van der Waals surface area contributed by atoms with Crippen LogP contribution in [0.2, 0.25) is 0 Å². The zero-order chi connectivity index (χ0) is 15.3. The molecule has 4 heteroatoms. The minimum atomic E-state index is 0.0918.